The summed E-state index contributed by atoms with van der Waals surface area (Å²) in [6.07, 6.45) is 0. The number of hydrogen-bond acceptors (Lipinski definition) is 3. The molecular weight excluding hydrogens is 393 g/mol. The Morgan fingerprint density at radius 2 is 1.09 bits per heavy atom. The molecule has 1 N–H and O–H groups in total. The van der Waals surface area contributed by atoms with E-state index in [1.165, 1.54) is 0 Å². The summed E-state index contributed by atoms with van der Waals surface area (Å²) in [5, 5.41) is 11.1. The topological polar surface area (TPSA) is 32.7 Å². The second-order valence-corrected chi connectivity index (χ2v) is 7.50. The van der Waals surface area contributed by atoms with Crippen LogP contribution in [-0.4, -0.2) is 12.7 Å². The molecule has 0 atom stereocenters. The molecule has 0 heterocycles. The third-order valence-electron chi connectivity index (χ3n) is 5.49. The van der Waals surface area contributed by atoms with Gasteiger partial charge in [0.1, 0.15) is 5.75 Å². The Labute approximate surface area is 188 Å². The lowest BCUT2D eigenvalue weighted by atomic mass is 10.0. The van der Waals surface area contributed by atoms with Gasteiger partial charge >= 0.3 is 7.69 Å². The van der Waals surface area contributed by atoms with Gasteiger partial charge in [0, 0.05) is 17.1 Å². The third kappa shape index (κ3) is 4.09. The van der Waals surface area contributed by atoms with Gasteiger partial charge < -0.3 is 14.6 Å². The monoisotopic (exact) mass is 414 g/mol. The number of benzene rings is 5. The minimum atomic E-state index is 0.605. The van der Waals surface area contributed by atoms with Crippen molar-refractivity contribution in [2.45, 2.75) is 0 Å². The molecule has 0 spiro atoms. The van der Waals surface area contributed by atoms with E-state index in [9.17, 15) is 0 Å². The van der Waals surface area contributed by atoms with Gasteiger partial charge in [-0.2, -0.15) is 0 Å². The average Bonchev–Trinajstić information content (AvgIpc) is 2.86. The van der Waals surface area contributed by atoms with Crippen molar-refractivity contribution in [3.8, 4) is 16.9 Å². The molecule has 0 bridgehead atoms. The number of nitrogens with zero attached hydrogens (tertiary/aromatic N) is 1. The number of hydrogen-bond donors (Lipinski definition) is 1. The second-order valence-electron chi connectivity index (χ2n) is 7.50. The predicted molar refractivity (Wildman–Crippen MR) is 133 cm³/mol. The molecule has 0 saturated heterocycles. The number of anilines is 3. The van der Waals surface area contributed by atoms with Crippen LogP contribution in [0.25, 0.3) is 21.9 Å². The van der Waals surface area contributed by atoms with Crippen LogP contribution in [0.1, 0.15) is 0 Å². The Bertz CT molecular complexity index is 1280. The van der Waals surface area contributed by atoms with Crippen molar-refractivity contribution in [3.05, 3.63) is 121 Å². The fourth-order valence-electron chi connectivity index (χ4n) is 3.94. The van der Waals surface area contributed by atoms with E-state index in [0.717, 1.165) is 39.0 Å². The first kappa shape index (κ1) is 19.9. The van der Waals surface area contributed by atoms with Crippen molar-refractivity contribution in [3.63, 3.8) is 0 Å². The highest BCUT2D eigenvalue weighted by Crippen LogP contribution is 2.35. The number of fused-ring (bicyclic) bond motifs is 1. The number of para-hydroxylation sites is 2. The molecule has 0 unspecified atom stereocenters. The summed E-state index contributed by atoms with van der Waals surface area (Å²) >= 11 is 0. The first-order chi connectivity index (χ1) is 15.8. The molecule has 153 valence electrons. The van der Waals surface area contributed by atoms with Crippen LogP contribution in [0.3, 0.4) is 0 Å². The third-order valence-corrected chi connectivity index (χ3v) is 5.49. The molecule has 0 amide bonds. The van der Waals surface area contributed by atoms with Crippen LogP contribution >= 0.6 is 0 Å². The van der Waals surface area contributed by atoms with Crippen LogP contribution in [0, 0.1) is 0 Å². The van der Waals surface area contributed by atoms with Crippen LogP contribution in [0.15, 0.2) is 121 Å². The summed E-state index contributed by atoms with van der Waals surface area (Å²) in [6, 6.07) is 41.5. The van der Waals surface area contributed by atoms with Gasteiger partial charge in [0.15, 0.2) is 0 Å². The molecule has 5 aromatic carbocycles. The van der Waals surface area contributed by atoms with Crippen LogP contribution in [0.4, 0.5) is 17.1 Å². The molecule has 5 rings (SSSR count). The Kier molecular flexibility index (Phi) is 5.60. The lowest BCUT2D eigenvalue weighted by molar-refractivity contribution is 0.454. The van der Waals surface area contributed by atoms with Gasteiger partial charge in [-0.05, 0) is 76.5 Å². The van der Waals surface area contributed by atoms with Crippen molar-refractivity contribution >= 4 is 35.5 Å². The smallest absolute Gasteiger partial charge is 0.537 e. The molecule has 32 heavy (non-hydrogen) atoms. The maximum Gasteiger partial charge on any atom is 0.569 e. The van der Waals surface area contributed by atoms with Gasteiger partial charge in [-0.1, -0.05) is 66.7 Å². The first-order valence-electron chi connectivity index (χ1n) is 10.5. The summed E-state index contributed by atoms with van der Waals surface area (Å²) in [5.41, 5.74) is 5.59. The molecule has 0 aliphatic carbocycles. The largest absolute Gasteiger partial charge is 0.569 e. The Balaban J connectivity index is 1.51. The van der Waals surface area contributed by atoms with Crippen molar-refractivity contribution < 1.29 is 9.68 Å². The van der Waals surface area contributed by atoms with Gasteiger partial charge in [0.25, 0.3) is 0 Å². The Morgan fingerprint density at radius 1 is 0.531 bits per heavy atom. The molecular formula is C28H21BNO2. The summed E-state index contributed by atoms with van der Waals surface area (Å²) in [7, 11) is 0.703. The van der Waals surface area contributed by atoms with Crippen molar-refractivity contribution in [2.24, 2.45) is 0 Å². The van der Waals surface area contributed by atoms with Crippen LogP contribution in [0.5, 0.6) is 5.75 Å². The van der Waals surface area contributed by atoms with E-state index in [-0.39, 0.29) is 0 Å². The minimum Gasteiger partial charge on any atom is -0.537 e. The standard InChI is InChI=1S/C28H21BNO2/c31-29-32-28-18-15-22-11-12-23(19-24(22)20-28)21-13-16-27(17-14-21)30(25-7-3-1-4-8-25)26-9-5-2-6-10-26/h1-20,31H. The molecule has 0 aliphatic heterocycles. The van der Waals surface area contributed by atoms with Gasteiger partial charge in [0.05, 0.1) is 0 Å². The quantitative estimate of drug-likeness (QED) is 0.308. The van der Waals surface area contributed by atoms with Crippen molar-refractivity contribution in [2.75, 3.05) is 4.90 Å². The van der Waals surface area contributed by atoms with E-state index < -0.39 is 0 Å². The van der Waals surface area contributed by atoms with E-state index >= 15 is 0 Å². The van der Waals surface area contributed by atoms with Crippen LogP contribution in [0.2, 0.25) is 0 Å². The molecule has 4 heteroatoms. The molecule has 0 aliphatic rings. The molecule has 5 aromatic rings. The fraction of sp³-hybridized carbons (Fsp3) is 0. The van der Waals surface area contributed by atoms with Crippen LogP contribution < -0.4 is 9.55 Å². The summed E-state index contributed by atoms with van der Waals surface area (Å²) < 4.78 is 5.11. The molecule has 0 fully saturated rings. The molecule has 0 aromatic heterocycles. The van der Waals surface area contributed by atoms with Gasteiger partial charge in [0.2, 0.25) is 0 Å². The lowest BCUT2D eigenvalue weighted by Gasteiger charge is -2.25. The van der Waals surface area contributed by atoms with Crippen LogP contribution in [-0.2, 0) is 0 Å². The minimum absolute atomic E-state index is 0.605. The summed E-state index contributed by atoms with van der Waals surface area (Å²) in [4.78, 5) is 2.25. The summed E-state index contributed by atoms with van der Waals surface area (Å²) in [5.74, 6) is 0.605. The number of rotatable bonds is 6. The SMILES string of the molecule is O[B]Oc1ccc2ccc(-c3ccc(N(c4ccccc4)c4ccccc4)cc3)cc2c1. The highest BCUT2D eigenvalue weighted by molar-refractivity contribution is 6.17. The second kappa shape index (κ2) is 9.00. The average molecular weight is 414 g/mol. The van der Waals surface area contributed by atoms with E-state index in [1.807, 2.05) is 30.3 Å². The van der Waals surface area contributed by atoms with Gasteiger partial charge in [-0.3, -0.25) is 0 Å². The normalized spacial score (nSPS) is 10.7. The highest BCUT2D eigenvalue weighted by atomic mass is 16.5. The molecule has 3 nitrogen and oxygen atoms in total. The molecule has 0 saturated carbocycles. The van der Waals surface area contributed by atoms with Crippen molar-refractivity contribution in [1.29, 1.82) is 0 Å². The zero-order valence-corrected chi connectivity index (χ0v) is 17.4. The van der Waals surface area contributed by atoms with E-state index in [1.54, 1.807) is 0 Å². The van der Waals surface area contributed by atoms with E-state index in [2.05, 4.69) is 95.9 Å². The maximum absolute atomic E-state index is 8.91. The Morgan fingerprint density at radius 3 is 1.72 bits per heavy atom. The van der Waals surface area contributed by atoms with Gasteiger partial charge in [-0.15, -0.1) is 0 Å². The zero-order valence-electron chi connectivity index (χ0n) is 17.4. The predicted octanol–water partition coefficient (Wildman–Crippen LogP) is 6.88. The fourth-order valence-corrected chi connectivity index (χ4v) is 3.94. The first-order valence-corrected chi connectivity index (χ1v) is 10.5. The maximum atomic E-state index is 8.91. The summed E-state index contributed by atoms with van der Waals surface area (Å²) in [6.45, 7) is 0. The Hall–Kier alpha value is -4.02. The van der Waals surface area contributed by atoms with Gasteiger partial charge in [-0.25, -0.2) is 0 Å². The lowest BCUT2D eigenvalue weighted by Crippen LogP contribution is -2.09. The molecule has 1 radical (unpaired) electrons. The zero-order chi connectivity index (χ0) is 21.8. The van der Waals surface area contributed by atoms with E-state index in [4.69, 9.17) is 9.68 Å². The highest BCUT2D eigenvalue weighted by Gasteiger charge is 2.12. The van der Waals surface area contributed by atoms with Crippen molar-refractivity contribution in [1.82, 2.24) is 0 Å². The van der Waals surface area contributed by atoms with E-state index in [0.29, 0.717) is 13.4 Å².